The average molecular weight is 334 g/mol. The Morgan fingerprint density at radius 2 is 2.14 bits per heavy atom. The van der Waals surface area contributed by atoms with Gasteiger partial charge in [0.25, 0.3) is 0 Å². The standard InChI is InChI=1S/C13H11ClF3N3O2/c14-9-3-1-4-10(12(9)20-6-2-5-18-20)19-11(21)7-22-8-13(15,16)17/h1-6H,7-8H2,(H,19,21). The molecule has 0 bridgehead atoms. The van der Waals surface area contributed by atoms with Crippen LogP contribution >= 0.6 is 11.6 Å². The predicted molar refractivity (Wildman–Crippen MR) is 74.1 cm³/mol. The number of carbonyl (C=O) groups excluding carboxylic acids is 1. The monoisotopic (exact) mass is 333 g/mol. The van der Waals surface area contributed by atoms with Gasteiger partial charge in [0.15, 0.2) is 0 Å². The van der Waals surface area contributed by atoms with Crippen molar-refractivity contribution in [3.8, 4) is 5.69 Å². The Morgan fingerprint density at radius 1 is 1.36 bits per heavy atom. The number of amides is 1. The van der Waals surface area contributed by atoms with Gasteiger partial charge in [-0.05, 0) is 18.2 Å². The molecular formula is C13H11ClF3N3O2. The summed E-state index contributed by atoms with van der Waals surface area (Å²) in [6, 6.07) is 6.43. The molecule has 0 radical (unpaired) electrons. The van der Waals surface area contributed by atoms with Crippen molar-refractivity contribution in [2.45, 2.75) is 6.18 Å². The quantitative estimate of drug-likeness (QED) is 0.915. The fraction of sp³-hybridized carbons (Fsp3) is 0.231. The van der Waals surface area contributed by atoms with E-state index in [4.69, 9.17) is 11.6 Å². The summed E-state index contributed by atoms with van der Waals surface area (Å²) < 4.78 is 41.6. The molecule has 2 aromatic rings. The number of para-hydroxylation sites is 1. The van der Waals surface area contributed by atoms with Crippen molar-refractivity contribution in [3.05, 3.63) is 41.7 Å². The van der Waals surface area contributed by atoms with E-state index in [1.807, 2.05) is 0 Å². The molecule has 0 aliphatic heterocycles. The molecule has 9 heteroatoms. The molecule has 1 aromatic carbocycles. The van der Waals surface area contributed by atoms with Crippen molar-refractivity contribution in [2.75, 3.05) is 18.5 Å². The fourth-order valence-corrected chi connectivity index (χ4v) is 1.96. The minimum absolute atomic E-state index is 0.316. The van der Waals surface area contributed by atoms with Crippen LogP contribution in [0.3, 0.4) is 0 Å². The Labute approximate surface area is 128 Å². The van der Waals surface area contributed by atoms with Crippen LogP contribution in [0.2, 0.25) is 5.02 Å². The molecule has 0 saturated carbocycles. The van der Waals surface area contributed by atoms with Crippen molar-refractivity contribution >= 4 is 23.2 Å². The molecule has 0 unspecified atom stereocenters. The summed E-state index contributed by atoms with van der Waals surface area (Å²) in [6.07, 6.45) is -1.32. The first-order valence-electron chi connectivity index (χ1n) is 6.10. The van der Waals surface area contributed by atoms with Gasteiger partial charge < -0.3 is 10.1 Å². The zero-order valence-electron chi connectivity index (χ0n) is 11.1. The molecule has 1 N–H and O–H groups in total. The van der Waals surface area contributed by atoms with E-state index >= 15 is 0 Å². The summed E-state index contributed by atoms with van der Waals surface area (Å²) in [5.74, 6) is -0.722. The van der Waals surface area contributed by atoms with Gasteiger partial charge >= 0.3 is 6.18 Å². The molecule has 5 nitrogen and oxygen atoms in total. The first kappa shape index (κ1) is 16.3. The van der Waals surface area contributed by atoms with Crippen LogP contribution in [0.4, 0.5) is 18.9 Å². The molecular weight excluding hydrogens is 323 g/mol. The first-order chi connectivity index (χ1) is 10.4. The summed E-state index contributed by atoms with van der Waals surface area (Å²) in [5.41, 5.74) is 0.732. The van der Waals surface area contributed by atoms with Gasteiger partial charge in [0.1, 0.15) is 18.9 Å². The van der Waals surface area contributed by atoms with Gasteiger partial charge in [0.2, 0.25) is 5.91 Å². The molecule has 0 spiro atoms. The lowest BCUT2D eigenvalue weighted by atomic mass is 10.2. The molecule has 0 fully saturated rings. The number of rotatable bonds is 5. The molecule has 2 rings (SSSR count). The zero-order chi connectivity index (χ0) is 16.2. The van der Waals surface area contributed by atoms with Gasteiger partial charge in [-0.2, -0.15) is 18.3 Å². The van der Waals surface area contributed by atoms with E-state index in [-0.39, 0.29) is 0 Å². The van der Waals surface area contributed by atoms with Crippen LogP contribution in [0.5, 0.6) is 0 Å². The molecule has 0 atom stereocenters. The smallest absolute Gasteiger partial charge is 0.362 e. The van der Waals surface area contributed by atoms with E-state index in [1.165, 1.54) is 10.9 Å². The van der Waals surface area contributed by atoms with Gasteiger partial charge in [-0.15, -0.1) is 0 Å². The van der Waals surface area contributed by atoms with Crippen LogP contribution in [0.15, 0.2) is 36.7 Å². The number of hydrogen-bond donors (Lipinski definition) is 1. The molecule has 1 aromatic heterocycles. The normalized spacial score (nSPS) is 11.5. The molecule has 0 aliphatic carbocycles. The minimum Gasteiger partial charge on any atom is -0.362 e. The second-order valence-electron chi connectivity index (χ2n) is 4.24. The lowest BCUT2D eigenvalue weighted by Crippen LogP contribution is -2.24. The molecule has 22 heavy (non-hydrogen) atoms. The van der Waals surface area contributed by atoms with Crippen molar-refractivity contribution in [1.82, 2.24) is 9.78 Å². The van der Waals surface area contributed by atoms with Crippen LogP contribution in [0.1, 0.15) is 0 Å². The largest absolute Gasteiger partial charge is 0.411 e. The highest BCUT2D eigenvalue weighted by Crippen LogP contribution is 2.27. The third kappa shape index (κ3) is 4.47. The van der Waals surface area contributed by atoms with Crippen LogP contribution in [0, 0.1) is 0 Å². The number of anilines is 1. The van der Waals surface area contributed by atoms with Crippen LogP contribution in [0.25, 0.3) is 5.69 Å². The number of aromatic nitrogens is 2. The van der Waals surface area contributed by atoms with Crippen LogP contribution in [-0.2, 0) is 9.53 Å². The maximum Gasteiger partial charge on any atom is 0.411 e. The summed E-state index contributed by atoms with van der Waals surface area (Å²) in [5, 5.41) is 6.79. The topological polar surface area (TPSA) is 56.1 Å². The average Bonchev–Trinajstić information content (AvgIpc) is 2.90. The maximum atomic E-state index is 12.0. The van der Waals surface area contributed by atoms with E-state index in [9.17, 15) is 18.0 Å². The Kier molecular flexibility index (Phi) is 5.04. The Morgan fingerprint density at radius 3 is 2.77 bits per heavy atom. The fourth-order valence-electron chi connectivity index (χ4n) is 1.70. The third-order valence-corrected chi connectivity index (χ3v) is 2.80. The highest BCUT2D eigenvalue weighted by atomic mass is 35.5. The van der Waals surface area contributed by atoms with Crippen molar-refractivity contribution in [3.63, 3.8) is 0 Å². The first-order valence-corrected chi connectivity index (χ1v) is 6.47. The third-order valence-electron chi connectivity index (χ3n) is 2.49. The second kappa shape index (κ2) is 6.80. The lowest BCUT2D eigenvalue weighted by Gasteiger charge is -2.13. The second-order valence-corrected chi connectivity index (χ2v) is 4.65. The predicted octanol–water partition coefficient (Wildman–Crippen LogP) is 3.04. The highest BCUT2D eigenvalue weighted by Gasteiger charge is 2.27. The number of hydrogen-bond acceptors (Lipinski definition) is 3. The van der Waals surface area contributed by atoms with Gasteiger partial charge in [-0.3, -0.25) is 4.79 Å². The van der Waals surface area contributed by atoms with E-state index < -0.39 is 25.3 Å². The number of benzene rings is 1. The van der Waals surface area contributed by atoms with Crippen LogP contribution < -0.4 is 5.32 Å². The molecule has 0 saturated heterocycles. The van der Waals surface area contributed by atoms with Gasteiger partial charge in [0.05, 0.1) is 10.7 Å². The van der Waals surface area contributed by atoms with Crippen LogP contribution in [-0.4, -0.2) is 35.1 Å². The number of nitrogens with one attached hydrogen (secondary N) is 1. The molecule has 118 valence electrons. The van der Waals surface area contributed by atoms with Gasteiger partial charge in [-0.1, -0.05) is 17.7 Å². The van der Waals surface area contributed by atoms with E-state index in [1.54, 1.807) is 30.5 Å². The Hall–Kier alpha value is -2.06. The summed E-state index contributed by atoms with van der Waals surface area (Å²) in [6.45, 7) is -2.20. The summed E-state index contributed by atoms with van der Waals surface area (Å²) >= 11 is 6.08. The Balaban J connectivity index is 2.07. The van der Waals surface area contributed by atoms with E-state index in [2.05, 4.69) is 15.2 Å². The van der Waals surface area contributed by atoms with E-state index in [0.717, 1.165) is 0 Å². The summed E-state index contributed by atoms with van der Waals surface area (Å²) in [7, 11) is 0. The maximum absolute atomic E-state index is 12.0. The van der Waals surface area contributed by atoms with Gasteiger partial charge in [-0.25, -0.2) is 4.68 Å². The number of carbonyl (C=O) groups is 1. The minimum atomic E-state index is -4.48. The Bertz CT molecular complexity index is 644. The SMILES string of the molecule is O=C(COCC(F)(F)F)Nc1cccc(Cl)c1-n1cccn1. The van der Waals surface area contributed by atoms with Crippen molar-refractivity contribution in [1.29, 1.82) is 0 Å². The molecule has 1 amide bonds. The molecule has 1 heterocycles. The van der Waals surface area contributed by atoms with E-state index in [0.29, 0.717) is 16.4 Å². The lowest BCUT2D eigenvalue weighted by molar-refractivity contribution is -0.174. The number of ether oxygens (including phenoxy) is 1. The molecule has 0 aliphatic rings. The summed E-state index contributed by atoms with van der Waals surface area (Å²) in [4.78, 5) is 11.7. The highest BCUT2D eigenvalue weighted by molar-refractivity contribution is 6.33. The van der Waals surface area contributed by atoms with Crippen molar-refractivity contribution in [2.24, 2.45) is 0 Å². The number of nitrogens with zero attached hydrogens (tertiary/aromatic N) is 2. The number of halogens is 4. The van der Waals surface area contributed by atoms with Gasteiger partial charge in [0, 0.05) is 12.4 Å². The van der Waals surface area contributed by atoms with Crippen molar-refractivity contribution < 1.29 is 22.7 Å². The number of alkyl halides is 3. The zero-order valence-corrected chi connectivity index (χ0v) is 11.9.